The van der Waals surface area contributed by atoms with Crippen molar-refractivity contribution in [1.29, 1.82) is 0 Å². The second-order valence-corrected chi connectivity index (χ2v) is 7.10. The molecular weight excluding hydrogens is 286 g/mol. The molecule has 1 aliphatic heterocycles. The highest BCUT2D eigenvalue weighted by Crippen LogP contribution is 2.26. The summed E-state index contributed by atoms with van der Waals surface area (Å²) in [6, 6.07) is 10.8. The van der Waals surface area contributed by atoms with Gasteiger partial charge < -0.3 is 11.1 Å². The first kappa shape index (κ1) is 16.5. The van der Waals surface area contributed by atoms with Crippen molar-refractivity contribution in [2.75, 3.05) is 19.6 Å². The van der Waals surface area contributed by atoms with Crippen LogP contribution in [-0.2, 0) is 11.3 Å². The van der Waals surface area contributed by atoms with Crippen LogP contribution in [0.25, 0.3) is 0 Å². The molecular formula is C19H29N3O. The lowest BCUT2D eigenvalue weighted by Crippen LogP contribution is -2.47. The molecule has 0 spiro atoms. The third kappa shape index (κ3) is 4.33. The Morgan fingerprint density at radius 1 is 1.17 bits per heavy atom. The summed E-state index contributed by atoms with van der Waals surface area (Å²) in [7, 11) is 0. The largest absolute Gasteiger partial charge is 0.353 e. The van der Waals surface area contributed by atoms with Gasteiger partial charge in [0, 0.05) is 19.1 Å². The zero-order chi connectivity index (χ0) is 16.1. The van der Waals surface area contributed by atoms with Crippen molar-refractivity contribution in [3.05, 3.63) is 35.9 Å². The van der Waals surface area contributed by atoms with E-state index < -0.39 is 0 Å². The Bertz CT molecular complexity index is 505. The van der Waals surface area contributed by atoms with E-state index in [9.17, 15) is 4.79 Å². The molecule has 1 amide bonds. The fraction of sp³-hybridized carbons (Fsp3) is 0.632. The van der Waals surface area contributed by atoms with Gasteiger partial charge in [-0.25, -0.2) is 0 Å². The first-order valence-corrected chi connectivity index (χ1v) is 9.03. The minimum Gasteiger partial charge on any atom is -0.353 e. The topological polar surface area (TPSA) is 58.4 Å². The van der Waals surface area contributed by atoms with Gasteiger partial charge in [-0.15, -0.1) is 0 Å². The van der Waals surface area contributed by atoms with Crippen LogP contribution in [0.1, 0.15) is 37.7 Å². The number of hydrogen-bond acceptors (Lipinski definition) is 3. The van der Waals surface area contributed by atoms with Crippen molar-refractivity contribution >= 4 is 5.91 Å². The van der Waals surface area contributed by atoms with Gasteiger partial charge in [0.25, 0.3) is 0 Å². The molecule has 23 heavy (non-hydrogen) atoms. The number of piperidine rings is 1. The van der Waals surface area contributed by atoms with Gasteiger partial charge in [-0.2, -0.15) is 0 Å². The molecule has 1 aromatic carbocycles. The van der Waals surface area contributed by atoms with Crippen LogP contribution in [0, 0.1) is 11.8 Å². The van der Waals surface area contributed by atoms with E-state index in [0.717, 1.165) is 45.3 Å². The maximum Gasteiger partial charge on any atom is 0.224 e. The van der Waals surface area contributed by atoms with Gasteiger partial charge in [-0.1, -0.05) is 36.8 Å². The highest BCUT2D eigenvalue weighted by Gasteiger charge is 2.31. The van der Waals surface area contributed by atoms with E-state index in [1.165, 1.54) is 12.0 Å². The summed E-state index contributed by atoms with van der Waals surface area (Å²) in [5.74, 6) is 0.850. The molecule has 3 unspecified atom stereocenters. The van der Waals surface area contributed by atoms with Crippen molar-refractivity contribution in [2.45, 2.75) is 44.7 Å². The van der Waals surface area contributed by atoms with Crippen LogP contribution in [0.4, 0.5) is 0 Å². The van der Waals surface area contributed by atoms with Crippen molar-refractivity contribution in [3.63, 3.8) is 0 Å². The zero-order valence-corrected chi connectivity index (χ0v) is 13.9. The molecule has 1 saturated heterocycles. The quantitative estimate of drug-likeness (QED) is 0.875. The number of nitrogens with zero attached hydrogens (tertiary/aromatic N) is 1. The van der Waals surface area contributed by atoms with E-state index in [2.05, 4.69) is 34.5 Å². The van der Waals surface area contributed by atoms with Crippen LogP contribution in [-0.4, -0.2) is 36.5 Å². The SMILES string of the molecule is NCC1CCCC1NC(=O)C1CCCN(Cc2ccccc2)C1. The predicted octanol–water partition coefficient (Wildman–Crippen LogP) is 2.14. The predicted molar refractivity (Wildman–Crippen MR) is 92.8 cm³/mol. The first-order valence-electron chi connectivity index (χ1n) is 9.03. The number of nitrogens with one attached hydrogen (secondary N) is 1. The van der Waals surface area contributed by atoms with Crippen LogP contribution in [0.3, 0.4) is 0 Å². The summed E-state index contributed by atoms with van der Waals surface area (Å²) >= 11 is 0. The lowest BCUT2D eigenvalue weighted by atomic mass is 9.95. The second kappa shape index (κ2) is 7.93. The monoisotopic (exact) mass is 315 g/mol. The number of hydrogen-bond donors (Lipinski definition) is 2. The van der Waals surface area contributed by atoms with E-state index in [1.54, 1.807) is 0 Å². The van der Waals surface area contributed by atoms with Gasteiger partial charge in [-0.05, 0) is 50.3 Å². The second-order valence-electron chi connectivity index (χ2n) is 7.10. The van der Waals surface area contributed by atoms with Gasteiger partial charge in [0.1, 0.15) is 0 Å². The third-order valence-corrected chi connectivity index (χ3v) is 5.41. The number of rotatable bonds is 5. The van der Waals surface area contributed by atoms with Gasteiger partial charge in [0.2, 0.25) is 5.91 Å². The summed E-state index contributed by atoms with van der Waals surface area (Å²) in [4.78, 5) is 15.0. The summed E-state index contributed by atoms with van der Waals surface area (Å²) < 4.78 is 0. The summed E-state index contributed by atoms with van der Waals surface area (Å²) in [6.07, 6.45) is 5.56. The maximum atomic E-state index is 12.6. The number of nitrogens with two attached hydrogens (primary N) is 1. The van der Waals surface area contributed by atoms with Crippen LogP contribution >= 0.6 is 0 Å². The lowest BCUT2D eigenvalue weighted by Gasteiger charge is -2.33. The van der Waals surface area contributed by atoms with Crippen molar-refractivity contribution in [2.24, 2.45) is 17.6 Å². The number of benzene rings is 1. The Labute approximate surface area is 139 Å². The molecule has 1 aliphatic carbocycles. The first-order chi connectivity index (χ1) is 11.3. The Morgan fingerprint density at radius 2 is 2.00 bits per heavy atom. The minimum absolute atomic E-state index is 0.131. The molecule has 3 N–H and O–H groups in total. The van der Waals surface area contributed by atoms with E-state index in [1.807, 2.05) is 6.07 Å². The standard InChI is InChI=1S/C19H29N3O/c20-12-16-8-4-10-18(16)21-19(23)17-9-5-11-22(14-17)13-15-6-2-1-3-7-15/h1-3,6-7,16-18H,4-5,8-14,20H2,(H,21,23). The summed E-state index contributed by atoms with van der Waals surface area (Å²) in [6.45, 7) is 3.60. The Hall–Kier alpha value is -1.39. The van der Waals surface area contributed by atoms with E-state index >= 15 is 0 Å². The molecule has 2 aliphatic rings. The van der Waals surface area contributed by atoms with Crippen molar-refractivity contribution in [3.8, 4) is 0 Å². The molecule has 2 fully saturated rings. The Morgan fingerprint density at radius 3 is 2.78 bits per heavy atom. The van der Waals surface area contributed by atoms with Crippen molar-refractivity contribution < 1.29 is 4.79 Å². The van der Waals surface area contributed by atoms with Gasteiger partial charge in [0.05, 0.1) is 5.92 Å². The lowest BCUT2D eigenvalue weighted by molar-refractivity contribution is -0.127. The number of likely N-dealkylation sites (tertiary alicyclic amines) is 1. The van der Waals surface area contributed by atoms with Crippen molar-refractivity contribution in [1.82, 2.24) is 10.2 Å². The molecule has 4 heteroatoms. The summed E-state index contributed by atoms with van der Waals surface area (Å²) in [5, 5.41) is 3.29. The van der Waals surface area contributed by atoms with Gasteiger partial charge in [-0.3, -0.25) is 9.69 Å². The van der Waals surface area contributed by atoms with E-state index in [0.29, 0.717) is 18.5 Å². The number of carbonyl (C=O) groups is 1. The number of carbonyl (C=O) groups excluding carboxylic acids is 1. The molecule has 3 atom stereocenters. The average molecular weight is 315 g/mol. The smallest absolute Gasteiger partial charge is 0.224 e. The molecule has 1 heterocycles. The molecule has 4 nitrogen and oxygen atoms in total. The molecule has 126 valence electrons. The fourth-order valence-corrected chi connectivity index (χ4v) is 4.06. The summed E-state index contributed by atoms with van der Waals surface area (Å²) in [5.41, 5.74) is 7.15. The minimum atomic E-state index is 0.131. The fourth-order valence-electron chi connectivity index (χ4n) is 4.06. The molecule has 1 aromatic rings. The third-order valence-electron chi connectivity index (χ3n) is 5.41. The molecule has 3 rings (SSSR count). The molecule has 0 radical (unpaired) electrons. The molecule has 0 bridgehead atoms. The van der Waals surface area contributed by atoms with Crippen LogP contribution in [0.15, 0.2) is 30.3 Å². The van der Waals surface area contributed by atoms with E-state index in [-0.39, 0.29) is 11.8 Å². The van der Waals surface area contributed by atoms with Crippen LogP contribution in [0.2, 0.25) is 0 Å². The van der Waals surface area contributed by atoms with Gasteiger partial charge >= 0.3 is 0 Å². The average Bonchev–Trinajstić information content (AvgIpc) is 3.03. The van der Waals surface area contributed by atoms with E-state index in [4.69, 9.17) is 5.73 Å². The molecule has 1 saturated carbocycles. The highest BCUT2D eigenvalue weighted by molar-refractivity contribution is 5.79. The Balaban J connectivity index is 1.52. The molecule has 0 aromatic heterocycles. The van der Waals surface area contributed by atoms with Crippen LogP contribution < -0.4 is 11.1 Å². The zero-order valence-electron chi connectivity index (χ0n) is 13.9. The number of amides is 1. The van der Waals surface area contributed by atoms with Crippen LogP contribution in [0.5, 0.6) is 0 Å². The van der Waals surface area contributed by atoms with Gasteiger partial charge in [0.15, 0.2) is 0 Å². The normalized spacial score (nSPS) is 28.7. The Kier molecular flexibility index (Phi) is 5.68. The maximum absolute atomic E-state index is 12.6. The highest BCUT2D eigenvalue weighted by atomic mass is 16.2.